The Kier molecular flexibility index (Phi) is 3.44. The third-order valence-corrected chi connectivity index (χ3v) is 2.99. The Labute approximate surface area is 106 Å². The Balaban J connectivity index is 2.67. The summed E-state index contributed by atoms with van der Waals surface area (Å²) in [6, 6.07) is 3.83. The molecule has 0 spiro atoms. The minimum absolute atomic E-state index is 0.192. The van der Waals surface area contributed by atoms with E-state index in [1.165, 1.54) is 0 Å². The van der Waals surface area contributed by atoms with Crippen LogP contribution in [0.5, 0.6) is 11.5 Å². The van der Waals surface area contributed by atoms with Crippen molar-refractivity contribution in [3.8, 4) is 17.6 Å². The van der Waals surface area contributed by atoms with Gasteiger partial charge in [0.1, 0.15) is 0 Å². The number of hydrogen-bond donors (Lipinski definition) is 0. The van der Waals surface area contributed by atoms with Gasteiger partial charge in [-0.25, -0.2) is 0 Å². The monoisotopic (exact) mass is 251 g/mol. The SMILES string of the molecule is CC(C)c1c(C#N)cc(Cl)c2c1OCCCO2. The quantitative estimate of drug-likeness (QED) is 0.767. The molecule has 17 heavy (non-hydrogen) atoms. The highest BCUT2D eigenvalue weighted by atomic mass is 35.5. The van der Waals surface area contributed by atoms with Crippen molar-refractivity contribution < 1.29 is 9.47 Å². The van der Waals surface area contributed by atoms with Crippen molar-refractivity contribution in [2.75, 3.05) is 13.2 Å². The van der Waals surface area contributed by atoms with Crippen LogP contribution in [0.4, 0.5) is 0 Å². The van der Waals surface area contributed by atoms with Gasteiger partial charge in [0.15, 0.2) is 11.5 Å². The Bertz CT molecular complexity index is 477. The lowest BCUT2D eigenvalue weighted by Crippen LogP contribution is -2.02. The summed E-state index contributed by atoms with van der Waals surface area (Å²) in [5.74, 6) is 1.41. The van der Waals surface area contributed by atoms with Crippen LogP contribution in [0.25, 0.3) is 0 Å². The van der Waals surface area contributed by atoms with Gasteiger partial charge in [0.05, 0.1) is 29.9 Å². The van der Waals surface area contributed by atoms with Gasteiger partial charge >= 0.3 is 0 Å². The van der Waals surface area contributed by atoms with Crippen LogP contribution in [-0.4, -0.2) is 13.2 Å². The molecule has 0 radical (unpaired) electrons. The maximum absolute atomic E-state index is 9.16. The minimum Gasteiger partial charge on any atom is -0.489 e. The molecule has 0 aromatic heterocycles. The molecule has 3 nitrogen and oxygen atoms in total. The molecule has 1 aliphatic rings. The summed E-state index contributed by atoms with van der Waals surface area (Å²) in [4.78, 5) is 0. The van der Waals surface area contributed by atoms with Crippen molar-refractivity contribution in [1.82, 2.24) is 0 Å². The maximum Gasteiger partial charge on any atom is 0.180 e. The van der Waals surface area contributed by atoms with Crippen molar-refractivity contribution in [3.63, 3.8) is 0 Å². The molecule has 0 fully saturated rings. The van der Waals surface area contributed by atoms with Crippen molar-refractivity contribution in [2.45, 2.75) is 26.2 Å². The second kappa shape index (κ2) is 4.85. The Morgan fingerprint density at radius 1 is 1.29 bits per heavy atom. The molecule has 0 atom stereocenters. The number of benzene rings is 1. The third-order valence-electron chi connectivity index (χ3n) is 2.71. The molecular weight excluding hydrogens is 238 g/mol. The lowest BCUT2D eigenvalue weighted by Gasteiger charge is -2.17. The second-order valence-electron chi connectivity index (χ2n) is 4.29. The zero-order valence-electron chi connectivity index (χ0n) is 9.92. The smallest absolute Gasteiger partial charge is 0.180 e. The average molecular weight is 252 g/mol. The summed E-state index contributed by atoms with van der Waals surface area (Å²) in [7, 11) is 0. The predicted molar refractivity (Wildman–Crippen MR) is 65.9 cm³/mol. The first-order valence-electron chi connectivity index (χ1n) is 5.67. The number of nitrogens with zero attached hydrogens (tertiary/aromatic N) is 1. The van der Waals surface area contributed by atoms with Crippen LogP contribution in [0.15, 0.2) is 6.07 Å². The highest BCUT2D eigenvalue weighted by Gasteiger charge is 2.23. The van der Waals surface area contributed by atoms with E-state index in [-0.39, 0.29) is 5.92 Å². The topological polar surface area (TPSA) is 42.2 Å². The zero-order valence-corrected chi connectivity index (χ0v) is 10.7. The summed E-state index contributed by atoms with van der Waals surface area (Å²) in [6.07, 6.45) is 0.824. The molecule has 0 saturated heterocycles. The fourth-order valence-electron chi connectivity index (χ4n) is 1.97. The van der Waals surface area contributed by atoms with Crippen LogP contribution < -0.4 is 9.47 Å². The Hall–Kier alpha value is -1.40. The van der Waals surface area contributed by atoms with Crippen molar-refractivity contribution >= 4 is 11.6 Å². The van der Waals surface area contributed by atoms with E-state index in [4.69, 9.17) is 26.3 Å². The van der Waals surface area contributed by atoms with E-state index >= 15 is 0 Å². The van der Waals surface area contributed by atoms with E-state index < -0.39 is 0 Å². The average Bonchev–Trinajstić information content (AvgIpc) is 2.53. The van der Waals surface area contributed by atoms with Gasteiger partial charge in [-0.2, -0.15) is 5.26 Å². The van der Waals surface area contributed by atoms with Gasteiger partial charge < -0.3 is 9.47 Å². The van der Waals surface area contributed by atoms with Gasteiger partial charge in [0, 0.05) is 12.0 Å². The molecule has 1 aromatic rings. The molecule has 2 rings (SSSR count). The second-order valence-corrected chi connectivity index (χ2v) is 4.70. The molecular formula is C13H14ClNO2. The number of fused-ring (bicyclic) bond motifs is 1. The summed E-state index contributed by atoms with van der Waals surface area (Å²) in [6.45, 7) is 5.24. The number of nitriles is 1. The van der Waals surface area contributed by atoms with E-state index in [1.807, 2.05) is 13.8 Å². The van der Waals surface area contributed by atoms with Crippen molar-refractivity contribution in [2.24, 2.45) is 0 Å². The predicted octanol–water partition coefficient (Wildman–Crippen LogP) is 3.50. The zero-order chi connectivity index (χ0) is 12.4. The van der Waals surface area contributed by atoms with Gasteiger partial charge in [-0.3, -0.25) is 0 Å². The maximum atomic E-state index is 9.16. The van der Waals surface area contributed by atoms with Crippen LogP contribution in [0.1, 0.15) is 37.3 Å². The number of halogens is 1. The minimum atomic E-state index is 0.192. The Morgan fingerprint density at radius 2 is 1.94 bits per heavy atom. The van der Waals surface area contributed by atoms with Gasteiger partial charge in [-0.1, -0.05) is 25.4 Å². The molecule has 1 heterocycles. The fourth-order valence-corrected chi connectivity index (χ4v) is 2.22. The van der Waals surface area contributed by atoms with E-state index in [0.29, 0.717) is 35.3 Å². The molecule has 90 valence electrons. The molecule has 0 saturated carbocycles. The molecule has 0 N–H and O–H groups in total. The lowest BCUT2D eigenvalue weighted by atomic mass is 9.96. The number of hydrogen-bond acceptors (Lipinski definition) is 3. The van der Waals surface area contributed by atoms with Gasteiger partial charge in [-0.05, 0) is 12.0 Å². The first kappa shape index (κ1) is 12.1. The van der Waals surface area contributed by atoms with Gasteiger partial charge in [0.2, 0.25) is 0 Å². The van der Waals surface area contributed by atoms with Crippen LogP contribution in [-0.2, 0) is 0 Å². The first-order valence-corrected chi connectivity index (χ1v) is 6.05. The fraction of sp³-hybridized carbons (Fsp3) is 0.462. The third kappa shape index (κ3) is 2.18. The highest BCUT2D eigenvalue weighted by molar-refractivity contribution is 6.32. The summed E-state index contributed by atoms with van der Waals surface area (Å²) in [5.41, 5.74) is 1.45. The Morgan fingerprint density at radius 3 is 2.53 bits per heavy atom. The molecule has 4 heteroatoms. The van der Waals surface area contributed by atoms with Crippen molar-refractivity contribution in [3.05, 3.63) is 22.2 Å². The van der Waals surface area contributed by atoms with E-state index in [2.05, 4.69) is 6.07 Å². The van der Waals surface area contributed by atoms with E-state index in [0.717, 1.165) is 12.0 Å². The molecule has 0 unspecified atom stereocenters. The summed E-state index contributed by atoms with van der Waals surface area (Å²) >= 11 is 6.12. The highest BCUT2D eigenvalue weighted by Crippen LogP contribution is 2.44. The summed E-state index contributed by atoms with van der Waals surface area (Å²) in [5, 5.41) is 9.61. The van der Waals surface area contributed by atoms with Crippen LogP contribution in [0, 0.1) is 11.3 Å². The normalized spacial score (nSPS) is 14.3. The molecule has 1 aliphatic heterocycles. The molecule has 1 aromatic carbocycles. The van der Waals surface area contributed by atoms with Gasteiger partial charge in [0.25, 0.3) is 0 Å². The van der Waals surface area contributed by atoms with E-state index in [9.17, 15) is 0 Å². The first-order chi connectivity index (χ1) is 8.15. The number of rotatable bonds is 1. The molecule has 0 bridgehead atoms. The molecule has 0 aliphatic carbocycles. The van der Waals surface area contributed by atoms with Crippen molar-refractivity contribution in [1.29, 1.82) is 5.26 Å². The molecule has 0 amide bonds. The summed E-state index contributed by atoms with van der Waals surface area (Å²) < 4.78 is 11.3. The standard InChI is InChI=1S/C13H14ClNO2/c1-8(2)11-9(7-15)6-10(14)12-13(11)17-5-3-4-16-12/h6,8H,3-5H2,1-2H3. The van der Waals surface area contributed by atoms with Crippen LogP contribution >= 0.6 is 11.6 Å². The number of ether oxygens (including phenoxy) is 2. The van der Waals surface area contributed by atoms with Gasteiger partial charge in [-0.15, -0.1) is 0 Å². The van der Waals surface area contributed by atoms with Crippen LogP contribution in [0.3, 0.4) is 0 Å². The van der Waals surface area contributed by atoms with Crippen LogP contribution in [0.2, 0.25) is 5.02 Å². The largest absolute Gasteiger partial charge is 0.489 e. The lowest BCUT2D eigenvalue weighted by molar-refractivity contribution is 0.296. The van der Waals surface area contributed by atoms with E-state index in [1.54, 1.807) is 6.07 Å².